The topological polar surface area (TPSA) is 50.8 Å². The Morgan fingerprint density at radius 2 is 1.63 bits per heavy atom. The summed E-state index contributed by atoms with van der Waals surface area (Å²) >= 11 is 0. The zero-order valence-corrected chi connectivity index (χ0v) is 16.7. The van der Waals surface area contributed by atoms with Gasteiger partial charge in [0.1, 0.15) is 19.3 Å². The van der Waals surface area contributed by atoms with Crippen LogP contribution in [0.15, 0.2) is 91.5 Å². The fourth-order valence-corrected chi connectivity index (χ4v) is 3.56. The van der Waals surface area contributed by atoms with Crippen LogP contribution in [0.25, 0.3) is 0 Å². The Balaban J connectivity index is 1.67. The molecular weight excluding hydrogens is 376 g/mol. The predicted molar refractivity (Wildman–Crippen MR) is 119 cm³/mol. The molecule has 1 N–H and O–H groups in total. The molecule has 0 saturated heterocycles. The highest BCUT2D eigenvalue weighted by Crippen LogP contribution is 2.34. The molecule has 1 amide bonds. The molecule has 1 aliphatic rings. The molecule has 1 aliphatic heterocycles. The van der Waals surface area contributed by atoms with E-state index in [0.717, 1.165) is 11.3 Å². The molecule has 0 spiro atoms. The lowest BCUT2D eigenvalue weighted by Crippen LogP contribution is -2.37. The lowest BCUT2D eigenvalue weighted by molar-refractivity contribution is -0.117. The number of fused-ring (bicyclic) bond motifs is 1. The summed E-state index contributed by atoms with van der Waals surface area (Å²) in [5, 5.41) is 3.05. The standard InChI is InChI=1S/C25H24N2O3/c1-2-15-27(21-11-7-4-8-12-21)24(19-9-5-3-6-10-19)25(28)26-20-13-14-22-23(18-20)30-17-16-29-22/h2-14,18,24H,1,15-17H2,(H,26,28)/t24-/m0/s1. The van der Waals surface area contributed by atoms with Crippen LogP contribution in [0.4, 0.5) is 11.4 Å². The van der Waals surface area contributed by atoms with Gasteiger partial charge in [0.05, 0.1) is 0 Å². The monoisotopic (exact) mass is 400 g/mol. The largest absolute Gasteiger partial charge is 0.486 e. The van der Waals surface area contributed by atoms with Gasteiger partial charge < -0.3 is 19.7 Å². The molecule has 152 valence electrons. The van der Waals surface area contributed by atoms with E-state index in [1.165, 1.54) is 0 Å². The van der Waals surface area contributed by atoms with Crippen LogP contribution in [-0.4, -0.2) is 25.7 Å². The average Bonchev–Trinajstić information content (AvgIpc) is 2.80. The highest BCUT2D eigenvalue weighted by atomic mass is 16.6. The van der Waals surface area contributed by atoms with E-state index in [9.17, 15) is 4.79 Å². The number of rotatable bonds is 7. The summed E-state index contributed by atoms with van der Waals surface area (Å²) in [6, 6.07) is 24.6. The molecule has 0 unspecified atom stereocenters. The molecule has 0 aliphatic carbocycles. The first-order chi connectivity index (χ1) is 14.8. The van der Waals surface area contributed by atoms with E-state index in [1.807, 2.05) is 77.7 Å². The predicted octanol–water partition coefficient (Wildman–Crippen LogP) is 4.83. The van der Waals surface area contributed by atoms with Gasteiger partial charge >= 0.3 is 0 Å². The summed E-state index contributed by atoms with van der Waals surface area (Å²) in [4.78, 5) is 15.5. The number of carbonyl (C=O) groups excluding carboxylic acids is 1. The zero-order chi connectivity index (χ0) is 20.8. The smallest absolute Gasteiger partial charge is 0.251 e. The van der Waals surface area contributed by atoms with Crippen molar-refractivity contribution in [3.63, 3.8) is 0 Å². The van der Waals surface area contributed by atoms with E-state index < -0.39 is 6.04 Å². The van der Waals surface area contributed by atoms with Crippen molar-refractivity contribution in [3.05, 3.63) is 97.1 Å². The van der Waals surface area contributed by atoms with Crippen molar-refractivity contribution < 1.29 is 14.3 Å². The van der Waals surface area contributed by atoms with E-state index in [0.29, 0.717) is 36.9 Å². The first-order valence-electron chi connectivity index (χ1n) is 9.94. The minimum absolute atomic E-state index is 0.136. The second-order valence-electron chi connectivity index (χ2n) is 6.94. The molecule has 0 radical (unpaired) electrons. The van der Waals surface area contributed by atoms with Crippen LogP contribution in [0.1, 0.15) is 11.6 Å². The number of nitrogens with zero attached hydrogens (tertiary/aromatic N) is 1. The first-order valence-corrected chi connectivity index (χ1v) is 9.94. The van der Waals surface area contributed by atoms with Crippen LogP contribution in [0.3, 0.4) is 0 Å². The third-order valence-electron chi connectivity index (χ3n) is 4.90. The lowest BCUT2D eigenvalue weighted by Gasteiger charge is -2.32. The molecule has 1 atom stereocenters. The van der Waals surface area contributed by atoms with Gasteiger partial charge in [-0.25, -0.2) is 0 Å². The Morgan fingerprint density at radius 1 is 0.967 bits per heavy atom. The number of nitrogens with one attached hydrogen (secondary N) is 1. The minimum atomic E-state index is -0.528. The third-order valence-corrected chi connectivity index (χ3v) is 4.90. The Bertz CT molecular complexity index is 1010. The zero-order valence-electron chi connectivity index (χ0n) is 16.7. The minimum Gasteiger partial charge on any atom is -0.486 e. The van der Waals surface area contributed by atoms with Crippen LogP contribution in [0.2, 0.25) is 0 Å². The number of benzene rings is 3. The van der Waals surface area contributed by atoms with Gasteiger partial charge in [-0.3, -0.25) is 4.79 Å². The number of ether oxygens (including phenoxy) is 2. The van der Waals surface area contributed by atoms with Crippen molar-refractivity contribution in [2.75, 3.05) is 30.0 Å². The maximum atomic E-state index is 13.5. The van der Waals surface area contributed by atoms with E-state index >= 15 is 0 Å². The SMILES string of the molecule is C=CCN(c1ccccc1)[C@H](C(=O)Nc1ccc2c(c1)OCCO2)c1ccccc1. The van der Waals surface area contributed by atoms with Crippen LogP contribution >= 0.6 is 0 Å². The molecule has 3 aromatic carbocycles. The molecule has 0 fully saturated rings. The Labute approximate surface area is 176 Å². The third kappa shape index (κ3) is 4.30. The normalized spacial score (nSPS) is 13.2. The van der Waals surface area contributed by atoms with E-state index in [1.54, 1.807) is 12.1 Å². The van der Waals surface area contributed by atoms with Gasteiger partial charge in [-0.1, -0.05) is 54.6 Å². The van der Waals surface area contributed by atoms with Crippen molar-refractivity contribution in [1.82, 2.24) is 0 Å². The number of amides is 1. The highest BCUT2D eigenvalue weighted by Gasteiger charge is 2.28. The number of carbonyl (C=O) groups is 1. The van der Waals surface area contributed by atoms with Gasteiger partial charge in [0.2, 0.25) is 0 Å². The molecule has 4 rings (SSSR count). The van der Waals surface area contributed by atoms with Gasteiger partial charge in [-0.2, -0.15) is 0 Å². The van der Waals surface area contributed by atoms with Gasteiger partial charge in [0, 0.05) is 24.0 Å². The van der Waals surface area contributed by atoms with Crippen molar-refractivity contribution >= 4 is 17.3 Å². The van der Waals surface area contributed by atoms with Crippen molar-refractivity contribution in [1.29, 1.82) is 0 Å². The molecule has 30 heavy (non-hydrogen) atoms. The second kappa shape index (κ2) is 9.18. The van der Waals surface area contributed by atoms with Crippen LogP contribution in [0.5, 0.6) is 11.5 Å². The van der Waals surface area contributed by atoms with Crippen LogP contribution in [-0.2, 0) is 4.79 Å². The molecule has 1 heterocycles. The second-order valence-corrected chi connectivity index (χ2v) is 6.94. The van der Waals surface area contributed by atoms with Crippen molar-refractivity contribution in [2.24, 2.45) is 0 Å². The highest BCUT2D eigenvalue weighted by molar-refractivity contribution is 5.98. The van der Waals surface area contributed by atoms with Gasteiger partial charge in [0.15, 0.2) is 11.5 Å². The average molecular weight is 400 g/mol. The fourth-order valence-electron chi connectivity index (χ4n) is 3.56. The molecule has 3 aromatic rings. The molecule has 5 heteroatoms. The molecule has 5 nitrogen and oxygen atoms in total. The number of anilines is 2. The number of hydrogen-bond donors (Lipinski definition) is 1. The quantitative estimate of drug-likeness (QED) is 0.577. The lowest BCUT2D eigenvalue weighted by atomic mass is 10.0. The molecular formula is C25H24N2O3. The summed E-state index contributed by atoms with van der Waals surface area (Å²) in [6.07, 6.45) is 1.81. The summed E-state index contributed by atoms with van der Waals surface area (Å²) in [5.74, 6) is 1.20. The summed E-state index contributed by atoms with van der Waals surface area (Å²) in [7, 11) is 0. The van der Waals surface area contributed by atoms with E-state index in [2.05, 4.69) is 11.9 Å². The Morgan fingerprint density at radius 3 is 2.33 bits per heavy atom. The summed E-state index contributed by atoms with van der Waals surface area (Å²) in [6.45, 7) is 5.44. The summed E-state index contributed by atoms with van der Waals surface area (Å²) < 4.78 is 11.2. The first kappa shape index (κ1) is 19.6. The van der Waals surface area contributed by atoms with Crippen LogP contribution in [0, 0.1) is 0 Å². The van der Waals surface area contributed by atoms with Crippen LogP contribution < -0.4 is 19.7 Å². The van der Waals surface area contributed by atoms with E-state index in [-0.39, 0.29) is 5.91 Å². The summed E-state index contributed by atoms with van der Waals surface area (Å²) in [5.41, 5.74) is 2.51. The number of para-hydroxylation sites is 1. The maximum absolute atomic E-state index is 13.5. The van der Waals surface area contributed by atoms with Gasteiger partial charge in [-0.15, -0.1) is 6.58 Å². The van der Waals surface area contributed by atoms with Gasteiger partial charge in [-0.05, 0) is 29.8 Å². The van der Waals surface area contributed by atoms with E-state index in [4.69, 9.17) is 9.47 Å². The number of hydrogen-bond acceptors (Lipinski definition) is 4. The Hall–Kier alpha value is -3.73. The molecule has 0 aromatic heterocycles. The fraction of sp³-hybridized carbons (Fsp3) is 0.160. The maximum Gasteiger partial charge on any atom is 0.251 e. The molecule has 0 saturated carbocycles. The molecule has 0 bridgehead atoms. The van der Waals surface area contributed by atoms with Gasteiger partial charge in [0.25, 0.3) is 5.91 Å². The van der Waals surface area contributed by atoms with Crippen molar-refractivity contribution in [3.8, 4) is 11.5 Å². The van der Waals surface area contributed by atoms with Crippen molar-refractivity contribution in [2.45, 2.75) is 6.04 Å². The Kier molecular flexibility index (Phi) is 5.99.